The molecule has 0 aliphatic heterocycles. The average Bonchev–Trinajstić information content (AvgIpc) is 3.16. The molecular weight excluding hydrogens is 384 g/mol. The summed E-state index contributed by atoms with van der Waals surface area (Å²) in [5.74, 6) is -0.172. The highest BCUT2D eigenvalue weighted by atomic mass is 35.5. The number of nitrogens with one attached hydrogen (secondary N) is 1. The van der Waals surface area contributed by atoms with Crippen LogP contribution in [0.4, 0.5) is 5.69 Å². The lowest BCUT2D eigenvalue weighted by atomic mass is 10.0. The lowest BCUT2D eigenvalue weighted by Crippen LogP contribution is -2.21. The molecule has 28 heavy (non-hydrogen) atoms. The van der Waals surface area contributed by atoms with Crippen LogP contribution in [0, 0.1) is 17.0 Å². The highest BCUT2D eigenvalue weighted by molar-refractivity contribution is 6.31. The number of hydrogen-bond acceptors (Lipinski definition) is 6. The van der Waals surface area contributed by atoms with E-state index in [9.17, 15) is 14.9 Å². The molecule has 0 aliphatic carbocycles. The van der Waals surface area contributed by atoms with E-state index in [1.807, 2.05) is 6.92 Å². The second-order valence-electron chi connectivity index (χ2n) is 5.86. The van der Waals surface area contributed by atoms with Gasteiger partial charge >= 0.3 is 0 Å². The molecule has 1 aromatic heterocycles. The van der Waals surface area contributed by atoms with Gasteiger partial charge in [-0.15, -0.1) is 10.2 Å². The second kappa shape index (κ2) is 8.01. The number of nitrogens with zero attached hydrogens (tertiary/aromatic N) is 3. The number of hydrogen-bond donors (Lipinski definition) is 1. The van der Waals surface area contributed by atoms with Crippen molar-refractivity contribution in [2.45, 2.75) is 13.5 Å². The van der Waals surface area contributed by atoms with E-state index in [1.165, 1.54) is 18.2 Å². The van der Waals surface area contributed by atoms with E-state index >= 15 is 0 Å². The zero-order chi connectivity index (χ0) is 20.3. The molecule has 2 aromatic carbocycles. The van der Waals surface area contributed by atoms with E-state index in [4.69, 9.17) is 16.0 Å². The summed E-state index contributed by atoms with van der Waals surface area (Å²) >= 11 is 6.17. The van der Waals surface area contributed by atoms with Gasteiger partial charge < -0.3 is 9.73 Å². The Morgan fingerprint density at radius 3 is 2.64 bits per heavy atom. The van der Waals surface area contributed by atoms with Crippen LogP contribution < -0.4 is 5.32 Å². The number of nitro benzene ring substituents is 1. The minimum Gasteiger partial charge on any atom is -0.416 e. The minimum atomic E-state index is -0.515. The molecule has 9 heteroatoms. The van der Waals surface area contributed by atoms with Gasteiger partial charge in [-0.1, -0.05) is 30.3 Å². The number of para-hydroxylation sites is 1. The fourth-order valence-electron chi connectivity index (χ4n) is 2.70. The first-order valence-corrected chi connectivity index (χ1v) is 8.55. The zero-order valence-electron chi connectivity index (χ0n) is 14.8. The van der Waals surface area contributed by atoms with Crippen molar-refractivity contribution in [3.63, 3.8) is 0 Å². The molecule has 0 fully saturated rings. The maximum atomic E-state index is 11.5. The van der Waals surface area contributed by atoms with Gasteiger partial charge in [-0.25, -0.2) is 0 Å². The van der Waals surface area contributed by atoms with Crippen LogP contribution in [0.25, 0.3) is 22.9 Å². The number of nitro groups is 1. The maximum Gasteiger partial charge on any atom is 0.282 e. The normalized spacial score (nSPS) is 10.5. The smallest absolute Gasteiger partial charge is 0.282 e. The third-order valence-electron chi connectivity index (χ3n) is 4.05. The molecule has 0 atom stereocenters. The Bertz CT molecular complexity index is 1080. The Kier molecular flexibility index (Phi) is 5.51. The quantitative estimate of drug-likeness (QED) is 0.380. The molecule has 8 nitrogen and oxygen atoms in total. The van der Waals surface area contributed by atoms with Crippen molar-refractivity contribution in [3.8, 4) is 22.9 Å². The van der Waals surface area contributed by atoms with Crippen molar-refractivity contribution in [1.82, 2.24) is 15.5 Å². The number of carbonyl (C=O) groups is 1. The van der Waals surface area contributed by atoms with Crippen LogP contribution in [0.15, 0.2) is 53.5 Å². The van der Waals surface area contributed by atoms with Crippen LogP contribution in [0.1, 0.15) is 11.1 Å². The van der Waals surface area contributed by atoms with Gasteiger partial charge in [0.15, 0.2) is 0 Å². The van der Waals surface area contributed by atoms with Crippen LogP contribution in [0.3, 0.4) is 0 Å². The molecule has 1 N–H and O–H groups in total. The van der Waals surface area contributed by atoms with Crippen LogP contribution >= 0.6 is 11.6 Å². The van der Waals surface area contributed by atoms with E-state index in [1.54, 1.807) is 24.3 Å². The number of rotatable bonds is 6. The second-order valence-corrected chi connectivity index (χ2v) is 6.29. The topological polar surface area (TPSA) is 111 Å². The summed E-state index contributed by atoms with van der Waals surface area (Å²) in [7, 11) is 0. The predicted octanol–water partition coefficient (Wildman–Crippen LogP) is 4.08. The monoisotopic (exact) mass is 398 g/mol. The molecule has 3 aromatic rings. The van der Waals surface area contributed by atoms with Crippen molar-refractivity contribution in [2.24, 2.45) is 0 Å². The summed E-state index contributed by atoms with van der Waals surface area (Å²) in [6.07, 6.45) is 1.17. The largest absolute Gasteiger partial charge is 0.416 e. The molecular formula is C19H15ClN4O4. The van der Waals surface area contributed by atoms with Crippen molar-refractivity contribution >= 4 is 23.2 Å². The molecule has 1 amide bonds. The molecule has 0 unspecified atom stereocenters. The third kappa shape index (κ3) is 3.91. The van der Waals surface area contributed by atoms with Crippen molar-refractivity contribution in [1.29, 1.82) is 0 Å². The first-order valence-electron chi connectivity index (χ1n) is 8.17. The van der Waals surface area contributed by atoms with Gasteiger partial charge in [0.25, 0.3) is 11.6 Å². The van der Waals surface area contributed by atoms with Crippen LogP contribution in [0.2, 0.25) is 5.02 Å². The lowest BCUT2D eigenvalue weighted by molar-refractivity contribution is -0.384. The SMILES string of the molecule is C=CC(=O)NCc1c(C)cc(Cl)cc1-c1nnc(-c2ccccc2[N+](=O)[O-])o1. The van der Waals surface area contributed by atoms with Gasteiger partial charge in [-0.3, -0.25) is 14.9 Å². The Labute approximate surface area is 165 Å². The fourth-order valence-corrected chi connectivity index (χ4v) is 2.97. The van der Waals surface area contributed by atoms with Gasteiger partial charge in [0.1, 0.15) is 5.56 Å². The zero-order valence-corrected chi connectivity index (χ0v) is 15.6. The van der Waals surface area contributed by atoms with E-state index in [2.05, 4.69) is 22.1 Å². The van der Waals surface area contributed by atoms with E-state index in [-0.39, 0.29) is 35.5 Å². The van der Waals surface area contributed by atoms with E-state index in [0.717, 1.165) is 11.1 Å². The molecule has 142 valence electrons. The van der Waals surface area contributed by atoms with E-state index in [0.29, 0.717) is 10.6 Å². The first kappa shape index (κ1) is 19.2. The average molecular weight is 399 g/mol. The molecule has 0 radical (unpaired) electrons. The number of aromatic nitrogens is 2. The number of aryl methyl sites for hydroxylation is 1. The van der Waals surface area contributed by atoms with Crippen LogP contribution in [-0.4, -0.2) is 21.0 Å². The predicted molar refractivity (Wildman–Crippen MR) is 104 cm³/mol. The molecule has 0 bridgehead atoms. The van der Waals surface area contributed by atoms with Crippen LogP contribution in [-0.2, 0) is 11.3 Å². The Morgan fingerprint density at radius 2 is 1.96 bits per heavy atom. The fraction of sp³-hybridized carbons (Fsp3) is 0.105. The number of benzene rings is 2. The Balaban J connectivity index is 2.05. The summed E-state index contributed by atoms with van der Waals surface area (Å²) in [4.78, 5) is 22.3. The number of halogens is 1. The maximum absolute atomic E-state index is 11.5. The highest BCUT2D eigenvalue weighted by Crippen LogP contribution is 2.33. The van der Waals surface area contributed by atoms with Crippen molar-refractivity contribution in [3.05, 3.63) is 75.3 Å². The van der Waals surface area contributed by atoms with Gasteiger partial charge in [0, 0.05) is 23.2 Å². The first-order chi connectivity index (χ1) is 13.4. The number of amides is 1. The van der Waals surface area contributed by atoms with Crippen molar-refractivity contribution in [2.75, 3.05) is 0 Å². The molecule has 0 spiro atoms. The van der Waals surface area contributed by atoms with Crippen LogP contribution in [0.5, 0.6) is 0 Å². The molecule has 0 saturated heterocycles. The summed E-state index contributed by atoms with van der Waals surface area (Å²) < 4.78 is 5.71. The van der Waals surface area contributed by atoms with Gasteiger partial charge in [-0.05, 0) is 42.3 Å². The third-order valence-corrected chi connectivity index (χ3v) is 4.27. The molecule has 1 heterocycles. The summed E-state index contributed by atoms with van der Waals surface area (Å²) in [5.41, 5.74) is 2.16. The van der Waals surface area contributed by atoms with Gasteiger partial charge in [0.2, 0.25) is 11.8 Å². The highest BCUT2D eigenvalue weighted by Gasteiger charge is 2.22. The number of carbonyl (C=O) groups excluding carboxylic acids is 1. The van der Waals surface area contributed by atoms with Gasteiger partial charge in [0.05, 0.1) is 4.92 Å². The lowest BCUT2D eigenvalue weighted by Gasteiger charge is -2.11. The summed E-state index contributed by atoms with van der Waals surface area (Å²) in [6, 6.07) is 9.48. The Morgan fingerprint density at radius 1 is 1.29 bits per heavy atom. The summed E-state index contributed by atoms with van der Waals surface area (Å²) in [5, 5.41) is 22.4. The van der Waals surface area contributed by atoms with Gasteiger partial charge in [-0.2, -0.15) is 0 Å². The Hall–Kier alpha value is -3.52. The standard InChI is InChI=1S/C19H15ClN4O4/c1-3-17(25)21-10-15-11(2)8-12(20)9-14(15)19-23-22-18(28-19)13-6-4-5-7-16(13)24(26)27/h3-9H,1,10H2,2H3,(H,21,25). The van der Waals surface area contributed by atoms with Crippen molar-refractivity contribution < 1.29 is 14.1 Å². The minimum absolute atomic E-state index is 0.0148. The molecule has 0 saturated carbocycles. The van der Waals surface area contributed by atoms with E-state index < -0.39 is 4.92 Å². The summed E-state index contributed by atoms with van der Waals surface area (Å²) in [6.45, 7) is 5.46. The molecule has 0 aliphatic rings. The molecule has 3 rings (SSSR count).